The zero-order chi connectivity index (χ0) is 16.9. The highest BCUT2D eigenvalue weighted by molar-refractivity contribution is 6.09. The van der Waals surface area contributed by atoms with Gasteiger partial charge in [0.1, 0.15) is 0 Å². The van der Waals surface area contributed by atoms with Gasteiger partial charge in [0.25, 0.3) is 5.91 Å². The fourth-order valence-electron chi connectivity index (χ4n) is 2.46. The predicted octanol–water partition coefficient (Wildman–Crippen LogP) is 4.00. The second-order valence-electron chi connectivity index (χ2n) is 5.49. The maximum absolute atomic E-state index is 12.5. The maximum atomic E-state index is 12.5. The van der Waals surface area contributed by atoms with Crippen molar-refractivity contribution in [3.05, 3.63) is 95.4 Å². The predicted molar refractivity (Wildman–Crippen MR) is 90.9 cm³/mol. The second kappa shape index (κ2) is 6.96. The summed E-state index contributed by atoms with van der Waals surface area (Å²) >= 11 is 0. The van der Waals surface area contributed by atoms with Crippen LogP contribution in [0.4, 0.5) is 0 Å². The van der Waals surface area contributed by atoms with Crippen molar-refractivity contribution in [2.45, 2.75) is 13.0 Å². The van der Waals surface area contributed by atoms with Gasteiger partial charge < -0.3 is 9.73 Å². The summed E-state index contributed by atoms with van der Waals surface area (Å²) in [6.45, 7) is 1.87. The summed E-state index contributed by atoms with van der Waals surface area (Å²) in [6, 6.07) is 19.4. The first-order valence-electron chi connectivity index (χ1n) is 7.69. The fraction of sp³-hybridized carbons (Fsp3) is 0.100. The minimum absolute atomic E-state index is 0.0398. The molecule has 1 atom stereocenters. The van der Waals surface area contributed by atoms with E-state index in [0.29, 0.717) is 11.1 Å². The Morgan fingerprint density at radius 1 is 0.917 bits per heavy atom. The Morgan fingerprint density at radius 2 is 1.67 bits per heavy atom. The number of amides is 1. The molecule has 1 N–H and O–H groups in total. The second-order valence-corrected chi connectivity index (χ2v) is 5.49. The van der Waals surface area contributed by atoms with E-state index in [1.807, 2.05) is 43.3 Å². The van der Waals surface area contributed by atoms with Crippen molar-refractivity contribution in [2.24, 2.45) is 0 Å². The van der Waals surface area contributed by atoms with Gasteiger partial charge in [-0.1, -0.05) is 48.5 Å². The van der Waals surface area contributed by atoms with E-state index in [1.165, 1.54) is 6.26 Å². The zero-order valence-corrected chi connectivity index (χ0v) is 13.2. The molecular formula is C20H17NO3. The smallest absolute Gasteiger partial charge is 0.287 e. The topological polar surface area (TPSA) is 59.3 Å². The lowest BCUT2D eigenvalue weighted by Gasteiger charge is -2.14. The number of hydrogen-bond donors (Lipinski definition) is 1. The molecule has 120 valence electrons. The van der Waals surface area contributed by atoms with Crippen molar-refractivity contribution >= 4 is 11.7 Å². The third-order valence-corrected chi connectivity index (χ3v) is 3.78. The Kier molecular flexibility index (Phi) is 4.57. The van der Waals surface area contributed by atoms with Crippen LogP contribution in [-0.2, 0) is 0 Å². The normalized spacial score (nSPS) is 11.7. The molecule has 0 fully saturated rings. The van der Waals surface area contributed by atoms with Gasteiger partial charge in [-0.15, -0.1) is 0 Å². The van der Waals surface area contributed by atoms with Gasteiger partial charge in [-0.2, -0.15) is 0 Å². The summed E-state index contributed by atoms with van der Waals surface area (Å²) in [5.74, 6) is -0.0623. The molecule has 24 heavy (non-hydrogen) atoms. The lowest BCUT2D eigenvalue weighted by Crippen LogP contribution is -2.26. The highest BCUT2D eigenvalue weighted by atomic mass is 16.3. The van der Waals surface area contributed by atoms with Gasteiger partial charge in [0.15, 0.2) is 11.5 Å². The molecule has 0 saturated heterocycles. The summed E-state index contributed by atoms with van der Waals surface area (Å²) in [7, 11) is 0. The van der Waals surface area contributed by atoms with Crippen LogP contribution in [0.5, 0.6) is 0 Å². The van der Waals surface area contributed by atoms with Gasteiger partial charge in [-0.05, 0) is 30.7 Å². The van der Waals surface area contributed by atoms with Crippen LogP contribution >= 0.6 is 0 Å². The standard InChI is InChI=1S/C20H17NO3/c1-14(21-20(23)18-11-6-12-24-18)16-9-5-10-17(13-16)19(22)15-7-3-2-4-8-15/h2-14H,1H3,(H,21,23)/t14-/m1/s1. The molecule has 1 amide bonds. The Bertz CT molecular complexity index is 838. The molecule has 0 radical (unpaired) electrons. The number of carbonyl (C=O) groups is 2. The molecule has 0 unspecified atom stereocenters. The number of benzene rings is 2. The summed E-state index contributed by atoms with van der Waals surface area (Å²) < 4.78 is 5.09. The van der Waals surface area contributed by atoms with Crippen molar-refractivity contribution in [3.8, 4) is 0 Å². The van der Waals surface area contributed by atoms with Crippen LogP contribution in [0.2, 0.25) is 0 Å². The lowest BCUT2D eigenvalue weighted by atomic mass is 9.99. The molecule has 4 heteroatoms. The molecular weight excluding hydrogens is 302 g/mol. The average Bonchev–Trinajstić information content (AvgIpc) is 3.17. The van der Waals surface area contributed by atoms with Crippen LogP contribution < -0.4 is 5.32 Å². The van der Waals surface area contributed by atoms with Gasteiger partial charge in [-0.3, -0.25) is 9.59 Å². The first-order valence-corrected chi connectivity index (χ1v) is 7.69. The fourth-order valence-corrected chi connectivity index (χ4v) is 2.46. The van der Waals surface area contributed by atoms with E-state index in [4.69, 9.17) is 4.42 Å². The molecule has 0 bridgehead atoms. The van der Waals surface area contributed by atoms with Crippen LogP contribution in [0, 0.1) is 0 Å². The third-order valence-electron chi connectivity index (χ3n) is 3.78. The third kappa shape index (κ3) is 3.43. The molecule has 1 aromatic heterocycles. The molecule has 4 nitrogen and oxygen atoms in total. The lowest BCUT2D eigenvalue weighted by molar-refractivity contribution is 0.0911. The van der Waals surface area contributed by atoms with Crippen LogP contribution in [0.1, 0.15) is 45.0 Å². The monoisotopic (exact) mass is 319 g/mol. The molecule has 0 aliphatic carbocycles. The Hall–Kier alpha value is -3.14. The first-order chi connectivity index (χ1) is 11.6. The summed E-state index contributed by atoms with van der Waals surface area (Å²) in [4.78, 5) is 24.6. The zero-order valence-electron chi connectivity index (χ0n) is 13.2. The minimum Gasteiger partial charge on any atom is -0.459 e. The average molecular weight is 319 g/mol. The van der Waals surface area contributed by atoms with Crippen LogP contribution in [-0.4, -0.2) is 11.7 Å². The molecule has 0 aliphatic rings. The van der Waals surface area contributed by atoms with E-state index >= 15 is 0 Å². The highest BCUT2D eigenvalue weighted by Gasteiger charge is 2.15. The van der Waals surface area contributed by atoms with Gasteiger partial charge in [0.05, 0.1) is 12.3 Å². The van der Waals surface area contributed by atoms with Gasteiger partial charge in [0.2, 0.25) is 0 Å². The number of furan rings is 1. The van der Waals surface area contributed by atoms with Crippen molar-refractivity contribution in [1.29, 1.82) is 0 Å². The largest absolute Gasteiger partial charge is 0.459 e. The molecule has 0 saturated carbocycles. The molecule has 3 rings (SSSR count). The Balaban J connectivity index is 1.77. The molecule has 0 spiro atoms. The van der Waals surface area contributed by atoms with Gasteiger partial charge >= 0.3 is 0 Å². The quantitative estimate of drug-likeness (QED) is 0.723. The number of rotatable bonds is 5. The van der Waals surface area contributed by atoms with E-state index in [9.17, 15) is 9.59 Å². The Labute approximate surface area is 140 Å². The van der Waals surface area contributed by atoms with Crippen molar-refractivity contribution < 1.29 is 14.0 Å². The van der Waals surface area contributed by atoms with E-state index in [-0.39, 0.29) is 23.5 Å². The number of ketones is 1. The van der Waals surface area contributed by atoms with Crippen LogP contribution in [0.25, 0.3) is 0 Å². The SMILES string of the molecule is C[C@@H](NC(=O)c1ccco1)c1cccc(C(=O)c2ccccc2)c1. The van der Waals surface area contributed by atoms with Crippen molar-refractivity contribution in [3.63, 3.8) is 0 Å². The Morgan fingerprint density at radius 3 is 2.38 bits per heavy atom. The summed E-state index contributed by atoms with van der Waals surface area (Å²) in [6.07, 6.45) is 1.46. The van der Waals surface area contributed by atoms with E-state index in [0.717, 1.165) is 5.56 Å². The van der Waals surface area contributed by atoms with Crippen molar-refractivity contribution in [1.82, 2.24) is 5.32 Å². The maximum Gasteiger partial charge on any atom is 0.287 e. The number of nitrogens with one attached hydrogen (secondary N) is 1. The van der Waals surface area contributed by atoms with Gasteiger partial charge in [-0.25, -0.2) is 0 Å². The highest BCUT2D eigenvalue weighted by Crippen LogP contribution is 2.17. The van der Waals surface area contributed by atoms with Crippen LogP contribution in [0.3, 0.4) is 0 Å². The first kappa shape index (κ1) is 15.7. The number of hydrogen-bond acceptors (Lipinski definition) is 3. The van der Waals surface area contributed by atoms with Crippen LogP contribution in [0.15, 0.2) is 77.4 Å². The minimum atomic E-state index is -0.285. The van der Waals surface area contributed by atoms with Gasteiger partial charge in [0, 0.05) is 11.1 Å². The summed E-state index contributed by atoms with van der Waals surface area (Å²) in [5, 5.41) is 2.86. The van der Waals surface area contributed by atoms with E-state index in [1.54, 1.807) is 30.3 Å². The molecule has 0 aliphatic heterocycles. The molecule has 2 aromatic carbocycles. The molecule has 1 heterocycles. The van der Waals surface area contributed by atoms with E-state index < -0.39 is 0 Å². The van der Waals surface area contributed by atoms with E-state index in [2.05, 4.69) is 5.32 Å². The summed E-state index contributed by atoms with van der Waals surface area (Å²) in [5.41, 5.74) is 2.09. The van der Waals surface area contributed by atoms with Crippen molar-refractivity contribution in [2.75, 3.05) is 0 Å². The molecule has 3 aromatic rings. The number of carbonyl (C=O) groups excluding carboxylic acids is 2.